The van der Waals surface area contributed by atoms with Crippen molar-refractivity contribution in [3.63, 3.8) is 0 Å². The molecule has 0 aromatic carbocycles. The van der Waals surface area contributed by atoms with Gasteiger partial charge in [0.15, 0.2) is 5.65 Å². The molecule has 1 amide bonds. The zero-order valence-corrected chi connectivity index (χ0v) is 17.3. The number of halogens is 1. The summed E-state index contributed by atoms with van der Waals surface area (Å²) in [5.41, 5.74) is 6.85. The van der Waals surface area contributed by atoms with Crippen molar-refractivity contribution in [1.82, 2.24) is 29.9 Å². The molecule has 0 saturated carbocycles. The third-order valence-corrected chi connectivity index (χ3v) is 5.48. The highest BCUT2D eigenvalue weighted by Crippen LogP contribution is 2.30. The van der Waals surface area contributed by atoms with Gasteiger partial charge in [-0.2, -0.15) is 9.97 Å². The molecule has 3 aromatic rings. The van der Waals surface area contributed by atoms with E-state index in [4.69, 9.17) is 5.73 Å². The van der Waals surface area contributed by atoms with E-state index >= 15 is 0 Å². The summed E-state index contributed by atoms with van der Waals surface area (Å²) in [6, 6.07) is 0. The fourth-order valence-electron chi connectivity index (χ4n) is 2.29. The number of aromatic amines is 1. The molecule has 0 spiro atoms. The van der Waals surface area contributed by atoms with E-state index in [9.17, 15) is 4.79 Å². The molecule has 3 rings (SSSR count). The van der Waals surface area contributed by atoms with Gasteiger partial charge >= 0.3 is 0 Å². The van der Waals surface area contributed by atoms with Crippen molar-refractivity contribution in [1.29, 1.82) is 0 Å². The number of nitrogens with zero attached hydrogens (tertiary/aromatic N) is 6. The van der Waals surface area contributed by atoms with E-state index in [0.717, 1.165) is 4.47 Å². The fraction of sp³-hybridized carbons (Fsp3) is 0.333. The van der Waals surface area contributed by atoms with Crippen molar-refractivity contribution in [2.24, 2.45) is 0 Å². The van der Waals surface area contributed by atoms with E-state index in [0.29, 0.717) is 28.4 Å². The van der Waals surface area contributed by atoms with Crippen LogP contribution in [0.4, 0.5) is 17.7 Å². The first-order valence-corrected chi connectivity index (χ1v) is 9.70. The van der Waals surface area contributed by atoms with Gasteiger partial charge in [-0.15, -0.1) is 0 Å². The van der Waals surface area contributed by atoms with E-state index in [2.05, 4.69) is 51.2 Å². The number of nitrogens with one attached hydrogen (secondary N) is 2. The average Bonchev–Trinajstić information content (AvgIpc) is 3.09. The number of anilines is 3. The van der Waals surface area contributed by atoms with Crippen LogP contribution >= 0.6 is 27.7 Å². The van der Waals surface area contributed by atoms with Gasteiger partial charge in [-0.1, -0.05) is 18.7 Å². The predicted octanol–water partition coefficient (Wildman–Crippen LogP) is 2.06. The maximum absolute atomic E-state index is 12.7. The van der Waals surface area contributed by atoms with Gasteiger partial charge in [0.25, 0.3) is 0 Å². The average molecular weight is 452 g/mol. The van der Waals surface area contributed by atoms with Gasteiger partial charge in [0.2, 0.25) is 17.8 Å². The molecule has 0 fully saturated rings. The van der Waals surface area contributed by atoms with Crippen LogP contribution in [0, 0.1) is 0 Å². The molecule has 1 atom stereocenters. The Kier molecular flexibility index (Phi) is 5.75. The Balaban J connectivity index is 1.80. The number of thioether (sulfide) groups is 1. The van der Waals surface area contributed by atoms with Crippen LogP contribution in [0.25, 0.3) is 11.2 Å². The Morgan fingerprint density at radius 1 is 1.37 bits per heavy atom. The molecule has 0 unspecified atom stereocenters. The third-order valence-electron chi connectivity index (χ3n) is 3.57. The molecule has 0 radical (unpaired) electrons. The normalized spacial score (nSPS) is 12.1. The lowest BCUT2D eigenvalue weighted by molar-refractivity contribution is -0.115. The van der Waals surface area contributed by atoms with Crippen LogP contribution < -0.4 is 16.0 Å². The molecule has 0 aliphatic heterocycles. The third kappa shape index (κ3) is 4.27. The zero-order valence-electron chi connectivity index (χ0n) is 14.9. The molecule has 3 heterocycles. The molecule has 12 heteroatoms. The van der Waals surface area contributed by atoms with E-state index in [-0.39, 0.29) is 17.8 Å². The second kappa shape index (κ2) is 8.05. The Bertz CT molecular complexity index is 977. The highest BCUT2D eigenvalue weighted by Gasteiger charge is 2.22. The molecule has 0 aliphatic carbocycles. The molecule has 0 bridgehead atoms. The molecule has 3 aromatic heterocycles. The van der Waals surface area contributed by atoms with Gasteiger partial charge in [0.05, 0.1) is 16.0 Å². The summed E-state index contributed by atoms with van der Waals surface area (Å²) in [4.78, 5) is 38.4. The number of fused-ring (bicyclic) bond motifs is 1. The van der Waals surface area contributed by atoms with Gasteiger partial charge in [0, 0.05) is 20.3 Å². The summed E-state index contributed by atoms with van der Waals surface area (Å²) in [5.74, 6) is 0.794. The van der Waals surface area contributed by atoms with E-state index < -0.39 is 5.25 Å². The van der Waals surface area contributed by atoms with Gasteiger partial charge in [0.1, 0.15) is 16.4 Å². The maximum Gasteiger partial charge on any atom is 0.240 e. The lowest BCUT2D eigenvalue weighted by Gasteiger charge is -2.16. The Labute approximate surface area is 167 Å². The highest BCUT2D eigenvalue weighted by atomic mass is 79.9. The largest absolute Gasteiger partial charge is 0.368 e. The SMILES string of the molecule is CC[C@H](Sc1nc(N)nc2nc[nH]c12)C(=O)Nc1ncc(Br)c(N(C)C)n1. The summed E-state index contributed by atoms with van der Waals surface area (Å²) in [6.45, 7) is 1.92. The number of hydrogen-bond donors (Lipinski definition) is 3. The van der Waals surface area contributed by atoms with Gasteiger partial charge in [-0.3, -0.25) is 10.1 Å². The van der Waals surface area contributed by atoms with Crippen molar-refractivity contribution in [3.8, 4) is 0 Å². The fourth-order valence-corrected chi connectivity index (χ4v) is 3.85. The van der Waals surface area contributed by atoms with Crippen molar-refractivity contribution >= 4 is 62.5 Å². The molecule has 4 N–H and O–H groups in total. The second-order valence-electron chi connectivity index (χ2n) is 5.75. The molecule has 142 valence electrons. The van der Waals surface area contributed by atoms with Crippen molar-refractivity contribution in [3.05, 3.63) is 17.0 Å². The first kappa shape index (κ1) is 19.3. The molecular formula is C15H18BrN9OS. The number of H-pyrrole nitrogens is 1. The van der Waals surface area contributed by atoms with Gasteiger partial charge < -0.3 is 15.6 Å². The predicted molar refractivity (Wildman–Crippen MR) is 109 cm³/mol. The van der Waals surface area contributed by atoms with Crippen LogP contribution in [0.2, 0.25) is 0 Å². The Morgan fingerprint density at radius 2 is 2.15 bits per heavy atom. The standard InChI is InChI=1S/C15H18BrN9OS/c1-4-8(27-13-9-10(20-6-19-9)21-14(17)24-13)12(26)23-15-18-5-7(16)11(22-15)25(2)3/h5-6,8H,4H2,1-3H3,(H,18,22,23,26)(H3,17,19,20,21,24)/t8-/m0/s1. The summed E-state index contributed by atoms with van der Waals surface area (Å²) < 4.78 is 0.741. The summed E-state index contributed by atoms with van der Waals surface area (Å²) >= 11 is 4.68. The number of hydrogen-bond acceptors (Lipinski definition) is 9. The van der Waals surface area contributed by atoms with Crippen LogP contribution in [0.15, 0.2) is 22.0 Å². The minimum atomic E-state index is -0.416. The second-order valence-corrected chi connectivity index (χ2v) is 7.80. The Morgan fingerprint density at radius 3 is 2.85 bits per heavy atom. The molecule has 0 saturated heterocycles. The summed E-state index contributed by atoms with van der Waals surface area (Å²) in [6.07, 6.45) is 3.70. The number of imidazole rings is 1. The van der Waals surface area contributed by atoms with Crippen molar-refractivity contribution in [2.45, 2.75) is 23.6 Å². The monoisotopic (exact) mass is 451 g/mol. The number of carbonyl (C=O) groups is 1. The first-order valence-electron chi connectivity index (χ1n) is 8.03. The number of aromatic nitrogens is 6. The van der Waals surface area contributed by atoms with E-state index in [1.807, 2.05) is 25.9 Å². The zero-order chi connectivity index (χ0) is 19.6. The van der Waals surface area contributed by atoms with E-state index in [1.54, 1.807) is 6.20 Å². The smallest absolute Gasteiger partial charge is 0.240 e. The molecule has 10 nitrogen and oxygen atoms in total. The topological polar surface area (TPSA) is 139 Å². The summed E-state index contributed by atoms with van der Waals surface area (Å²) in [7, 11) is 3.72. The quantitative estimate of drug-likeness (QED) is 0.379. The lowest BCUT2D eigenvalue weighted by Crippen LogP contribution is -2.26. The molecule has 0 aliphatic rings. The maximum atomic E-state index is 12.7. The van der Waals surface area contributed by atoms with Gasteiger partial charge in [-0.25, -0.2) is 15.0 Å². The summed E-state index contributed by atoms with van der Waals surface area (Å²) in [5, 5.41) is 2.92. The first-order chi connectivity index (χ1) is 12.9. The molecular weight excluding hydrogens is 434 g/mol. The van der Waals surface area contributed by atoms with Crippen LogP contribution in [-0.4, -0.2) is 55.2 Å². The van der Waals surface area contributed by atoms with Crippen molar-refractivity contribution in [2.75, 3.05) is 30.0 Å². The highest BCUT2D eigenvalue weighted by molar-refractivity contribution is 9.10. The van der Waals surface area contributed by atoms with Crippen LogP contribution in [0.1, 0.15) is 13.3 Å². The number of nitrogen functional groups attached to an aromatic ring is 1. The van der Waals surface area contributed by atoms with Crippen molar-refractivity contribution < 1.29 is 4.79 Å². The number of rotatable bonds is 6. The minimum absolute atomic E-state index is 0.110. The van der Waals surface area contributed by atoms with Crippen LogP contribution in [0.5, 0.6) is 0 Å². The van der Waals surface area contributed by atoms with Crippen LogP contribution in [0.3, 0.4) is 0 Å². The lowest BCUT2D eigenvalue weighted by atomic mass is 10.3. The Hall–Kier alpha value is -2.47. The van der Waals surface area contributed by atoms with E-state index in [1.165, 1.54) is 18.1 Å². The number of amides is 1. The van der Waals surface area contributed by atoms with Crippen LogP contribution in [-0.2, 0) is 4.79 Å². The minimum Gasteiger partial charge on any atom is -0.368 e. The number of carbonyl (C=O) groups excluding carboxylic acids is 1. The number of nitrogens with two attached hydrogens (primary N) is 1. The molecule has 27 heavy (non-hydrogen) atoms. The van der Waals surface area contributed by atoms with Gasteiger partial charge in [-0.05, 0) is 22.4 Å².